The largest absolute Gasteiger partial charge is 0.468 e. The monoisotopic (exact) mass is 566 g/mol. The van der Waals surface area contributed by atoms with Crippen LogP contribution in [0.25, 0.3) is 22.3 Å². The van der Waals surface area contributed by atoms with Gasteiger partial charge in [0, 0.05) is 25.3 Å². The molecule has 0 saturated heterocycles. The number of hydrogen-bond acceptors (Lipinski definition) is 6. The molecule has 0 aromatic heterocycles. The third kappa shape index (κ3) is 7.52. The molecule has 0 bridgehead atoms. The lowest BCUT2D eigenvalue weighted by Crippen LogP contribution is -2.17. The molecule has 0 amide bonds. The van der Waals surface area contributed by atoms with E-state index in [-0.39, 0.29) is 13.6 Å². The van der Waals surface area contributed by atoms with E-state index in [2.05, 4.69) is 38.1 Å². The van der Waals surface area contributed by atoms with Crippen LogP contribution >= 0.6 is 0 Å². The van der Waals surface area contributed by atoms with Gasteiger partial charge < -0.3 is 18.9 Å². The number of benzene rings is 4. The summed E-state index contributed by atoms with van der Waals surface area (Å²) in [5.41, 5.74) is 5.91. The van der Waals surface area contributed by atoms with E-state index in [1.165, 1.54) is 11.1 Å². The van der Waals surface area contributed by atoms with Gasteiger partial charge in [-0.05, 0) is 82.6 Å². The minimum absolute atomic E-state index is 0.0685. The van der Waals surface area contributed by atoms with E-state index in [1.54, 1.807) is 50.6 Å². The molecule has 0 fully saturated rings. The standard InChI is InChI=1S/C36H38O6/c1-5-7-25-9-13-27(14-10-25)33-21-29(41-23-39-3)17-19-31(33)35(37)36(38)32-20-18-30(42-24-40-4)22-34(32)28-15-11-26(8-6-2)12-16-28/h9-22H,5-8,23-24H2,1-4H3. The van der Waals surface area contributed by atoms with Crippen molar-refractivity contribution in [2.45, 2.75) is 39.5 Å². The van der Waals surface area contributed by atoms with Crippen molar-refractivity contribution in [1.82, 2.24) is 0 Å². The maximum Gasteiger partial charge on any atom is 0.234 e. The normalized spacial score (nSPS) is 10.9. The molecular formula is C36H38O6. The summed E-state index contributed by atoms with van der Waals surface area (Å²) in [6.07, 6.45) is 4.01. The number of rotatable bonds is 15. The van der Waals surface area contributed by atoms with Crippen LogP contribution in [0, 0.1) is 0 Å². The topological polar surface area (TPSA) is 71.1 Å². The predicted molar refractivity (Wildman–Crippen MR) is 165 cm³/mol. The Labute approximate surface area is 248 Å². The highest BCUT2D eigenvalue weighted by atomic mass is 16.7. The second-order valence-electron chi connectivity index (χ2n) is 10.1. The summed E-state index contributed by atoms with van der Waals surface area (Å²) in [6, 6.07) is 26.4. The zero-order valence-electron chi connectivity index (χ0n) is 24.8. The Balaban J connectivity index is 1.76. The fraction of sp³-hybridized carbons (Fsp3) is 0.278. The minimum atomic E-state index is -0.602. The Morgan fingerprint density at radius 3 is 1.26 bits per heavy atom. The van der Waals surface area contributed by atoms with Crippen molar-refractivity contribution in [2.24, 2.45) is 0 Å². The van der Waals surface area contributed by atoms with Gasteiger partial charge in [-0.2, -0.15) is 0 Å². The summed E-state index contributed by atoms with van der Waals surface area (Å²) in [7, 11) is 3.09. The van der Waals surface area contributed by atoms with Gasteiger partial charge in [-0.25, -0.2) is 0 Å². The third-order valence-corrected chi connectivity index (χ3v) is 6.97. The molecule has 0 radical (unpaired) electrons. The van der Waals surface area contributed by atoms with Crippen molar-refractivity contribution in [2.75, 3.05) is 27.8 Å². The van der Waals surface area contributed by atoms with Gasteiger partial charge in [0.15, 0.2) is 13.6 Å². The van der Waals surface area contributed by atoms with Crippen LogP contribution in [0.2, 0.25) is 0 Å². The Morgan fingerprint density at radius 1 is 0.548 bits per heavy atom. The summed E-state index contributed by atoms with van der Waals surface area (Å²) in [6.45, 7) is 4.41. The van der Waals surface area contributed by atoms with Gasteiger partial charge in [0.1, 0.15) is 11.5 Å². The van der Waals surface area contributed by atoms with E-state index < -0.39 is 11.6 Å². The molecule has 0 atom stereocenters. The molecular weight excluding hydrogens is 528 g/mol. The molecule has 0 heterocycles. The quantitative estimate of drug-likeness (QED) is 0.0826. The lowest BCUT2D eigenvalue weighted by molar-refractivity contribution is 0.0509. The maximum absolute atomic E-state index is 13.9. The fourth-order valence-electron chi connectivity index (χ4n) is 4.88. The smallest absolute Gasteiger partial charge is 0.234 e. The molecule has 6 nitrogen and oxygen atoms in total. The van der Waals surface area contributed by atoms with Crippen LogP contribution in [-0.4, -0.2) is 39.4 Å². The first-order valence-electron chi connectivity index (χ1n) is 14.3. The number of ketones is 2. The molecule has 42 heavy (non-hydrogen) atoms. The van der Waals surface area contributed by atoms with E-state index in [4.69, 9.17) is 18.9 Å². The van der Waals surface area contributed by atoms with Gasteiger partial charge in [-0.15, -0.1) is 0 Å². The number of carbonyl (C=O) groups is 2. The number of aryl methyl sites for hydroxylation is 2. The van der Waals surface area contributed by atoms with E-state index in [1.807, 2.05) is 24.3 Å². The molecule has 0 spiro atoms. The zero-order chi connectivity index (χ0) is 29.9. The highest BCUT2D eigenvalue weighted by Gasteiger charge is 2.25. The summed E-state index contributed by atoms with van der Waals surface area (Å²) < 4.78 is 21.4. The number of carbonyl (C=O) groups excluding carboxylic acids is 2. The van der Waals surface area contributed by atoms with Crippen LogP contribution in [0.3, 0.4) is 0 Å². The third-order valence-electron chi connectivity index (χ3n) is 6.97. The molecule has 0 N–H and O–H groups in total. The summed E-state index contributed by atoms with van der Waals surface area (Å²) in [5, 5.41) is 0. The van der Waals surface area contributed by atoms with Crippen molar-refractivity contribution in [3.8, 4) is 33.8 Å². The molecule has 0 aliphatic rings. The van der Waals surface area contributed by atoms with Crippen molar-refractivity contribution >= 4 is 11.6 Å². The van der Waals surface area contributed by atoms with E-state index in [0.29, 0.717) is 33.8 Å². The highest BCUT2D eigenvalue weighted by molar-refractivity contribution is 6.51. The minimum Gasteiger partial charge on any atom is -0.468 e. The molecule has 4 rings (SSSR count). The van der Waals surface area contributed by atoms with Gasteiger partial charge in [-0.1, -0.05) is 75.2 Å². The van der Waals surface area contributed by atoms with Crippen LogP contribution in [0.15, 0.2) is 84.9 Å². The SMILES string of the molecule is CCCc1ccc(-c2cc(OCOC)ccc2C(=O)C(=O)c2ccc(OCOC)cc2-c2ccc(CCC)cc2)cc1. The lowest BCUT2D eigenvalue weighted by atomic mass is 9.89. The first-order valence-corrected chi connectivity index (χ1v) is 14.3. The van der Waals surface area contributed by atoms with Crippen molar-refractivity contribution in [3.63, 3.8) is 0 Å². The van der Waals surface area contributed by atoms with Gasteiger partial charge >= 0.3 is 0 Å². The Bertz CT molecular complexity index is 1370. The molecule has 218 valence electrons. The second kappa shape index (κ2) is 15.1. The van der Waals surface area contributed by atoms with Gasteiger partial charge in [0.2, 0.25) is 11.6 Å². The lowest BCUT2D eigenvalue weighted by Gasteiger charge is -2.15. The molecule has 0 unspecified atom stereocenters. The maximum atomic E-state index is 13.9. The van der Waals surface area contributed by atoms with E-state index in [9.17, 15) is 9.59 Å². The second-order valence-corrected chi connectivity index (χ2v) is 10.1. The Hall–Kier alpha value is -4.26. The van der Waals surface area contributed by atoms with Crippen LogP contribution in [0.5, 0.6) is 11.5 Å². The average Bonchev–Trinajstić information content (AvgIpc) is 3.03. The van der Waals surface area contributed by atoms with Gasteiger partial charge in [0.25, 0.3) is 0 Å². The average molecular weight is 567 g/mol. The van der Waals surface area contributed by atoms with Crippen molar-refractivity contribution < 1.29 is 28.5 Å². The molecule has 6 heteroatoms. The van der Waals surface area contributed by atoms with Crippen molar-refractivity contribution in [1.29, 1.82) is 0 Å². The highest BCUT2D eigenvalue weighted by Crippen LogP contribution is 2.33. The molecule has 0 aliphatic heterocycles. The predicted octanol–water partition coefficient (Wildman–Crippen LogP) is 7.96. The zero-order valence-corrected chi connectivity index (χ0v) is 24.8. The summed E-state index contributed by atoms with van der Waals surface area (Å²) in [4.78, 5) is 27.9. The van der Waals surface area contributed by atoms with Crippen LogP contribution in [0.4, 0.5) is 0 Å². The first-order chi connectivity index (χ1) is 20.5. The van der Waals surface area contributed by atoms with Crippen LogP contribution in [0.1, 0.15) is 58.5 Å². The molecule has 0 saturated carbocycles. The number of ether oxygens (including phenoxy) is 4. The van der Waals surface area contributed by atoms with Gasteiger partial charge in [0.05, 0.1) is 0 Å². The first kappa shape index (κ1) is 30.7. The summed E-state index contributed by atoms with van der Waals surface area (Å²) in [5.74, 6) is -0.118. The molecule has 4 aromatic rings. The molecule has 0 aliphatic carbocycles. The van der Waals surface area contributed by atoms with Crippen molar-refractivity contribution in [3.05, 3.63) is 107 Å². The Kier molecular flexibility index (Phi) is 11.0. The van der Waals surface area contributed by atoms with Crippen LogP contribution < -0.4 is 9.47 Å². The number of Topliss-reactive ketones (excluding diaryl/α,β-unsaturated/α-hetero) is 2. The number of hydrogen-bond donors (Lipinski definition) is 0. The summed E-state index contributed by atoms with van der Waals surface area (Å²) >= 11 is 0. The fourth-order valence-corrected chi connectivity index (χ4v) is 4.88. The van der Waals surface area contributed by atoms with Gasteiger partial charge in [-0.3, -0.25) is 9.59 Å². The van der Waals surface area contributed by atoms with E-state index in [0.717, 1.165) is 36.8 Å². The molecule has 4 aromatic carbocycles. The number of methoxy groups -OCH3 is 2. The van der Waals surface area contributed by atoms with Crippen LogP contribution in [-0.2, 0) is 22.3 Å². The van der Waals surface area contributed by atoms with E-state index >= 15 is 0 Å². The Morgan fingerprint density at radius 2 is 0.929 bits per heavy atom.